The highest BCUT2D eigenvalue weighted by atomic mass is 79.9. The first-order valence-corrected chi connectivity index (χ1v) is 9.63. The van der Waals surface area contributed by atoms with Crippen LogP contribution < -0.4 is 5.32 Å². The molecule has 1 aromatic heterocycles. The Hall–Kier alpha value is 0.0600. The van der Waals surface area contributed by atoms with E-state index in [1.165, 1.54) is 35.3 Å². The lowest BCUT2D eigenvalue weighted by Gasteiger charge is -2.35. The lowest BCUT2D eigenvalue weighted by atomic mass is 10.0. The molecule has 0 spiro atoms. The lowest BCUT2D eigenvalue weighted by molar-refractivity contribution is 0.177. The fourth-order valence-electron chi connectivity index (χ4n) is 3.08. The van der Waals surface area contributed by atoms with Crippen molar-refractivity contribution in [1.29, 1.82) is 0 Å². The SMILES string of the molecule is CCCNC(Cc1sccc1Br)C1CN(C)CCCN1C. The van der Waals surface area contributed by atoms with E-state index in [2.05, 4.69) is 63.5 Å². The summed E-state index contributed by atoms with van der Waals surface area (Å²) in [7, 11) is 4.54. The Bertz CT molecular complexity index is 423. The summed E-state index contributed by atoms with van der Waals surface area (Å²) in [6.07, 6.45) is 3.57. The van der Waals surface area contributed by atoms with E-state index in [1.54, 1.807) is 0 Å². The average Bonchev–Trinajstić information content (AvgIpc) is 2.77. The van der Waals surface area contributed by atoms with E-state index in [0.29, 0.717) is 12.1 Å². The van der Waals surface area contributed by atoms with Crippen LogP contribution in [-0.2, 0) is 6.42 Å². The summed E-state index contributed by atoms with van der Waals surface area (Å²) in [6, 6.07) is 3.27. The van der Waals surface area contributed by atoms with Crippen LogP contribution in [0.1, 0.15) is 24.6 Å². The van der Waals surface area contributed by atoms with Crippen LogP contribution >= 0.6 is 27.3 Å². The minimum atomic E-state index is 0.519. The van der Waals surface area contributed by atoms with Crippen molar-refractivity contribution in [3.8, 4) is 0 Å². The second kappa shape index (κ2) is 8.63. The summed E-state index contributed by atoms with van der Waals surface area (Å²) in [6.45, 7) is 6.91. The van der Waals surface area contributed by atoms with Gasteiger partial charge in [-0.2, -0.15) is 0 Å². The van der Waals surface area contributed by atoms with Crippen LogP contribution in [0, 0.1) is 0 Å². The quantitative estimate of drug-likeness (QED) is 0.826. The molecule has 0 radical (unpaired) electrons. The first kappa shape index (κ1) is 17.4. The molecule has 0 saturated carbocycles. The fourth-order valence-corrected chi connectivity index (χ4v) is 4.66. The molecule has 1 aliphatic heterocycles. The number of halogens is 1. The summed E-state index contributed by atoms with van der Waals surface area (Å²) in [5.74, 6) is 0. The predicted molar refractivity (Wildman–Crippen MR) is 96.3 cm³/mol. The van der Waals surface area contributed by atoms with Crippen molar-refractivity contribution in [3.63, 3.8) is 0 Å². The number of nitrogens with one attached hydrogen (secondary N) is 1. The highest BCUT2D eigenvalue weighted by Gasteiger charge is 2.28. The molecule has 3 nitrogen and oxygen atoms in total. The molecule has 1 N–H and O–H groups in total. The summed E-state index contributed by atoms with van der Waals surface area (Å²) in [5, 5.41) is 5.98. The van der Waals surface area contributed by atoms with Gasteiger partial charge >= 0.3 is 0 Å². The molecular formula is C16H28BrN3S. The first-order chi connectivity index (χ1) is 10.1. The second-order valence-electron chi connectivity index (χ2n) is 6.12. The topological polar surface area (TPSA) is 18.5 Å². The Morgan fingerprint density at radius 2 is 2.24 bits per heavy atom. The van der Waals surface area contributed by atoms with E-state index in [-0.39, 0.29) is 0 Å². The van der Waals surface area contributed by atoms with Crippen LogP contribution in [0.5, 0.6) is 0 Å². The Labute approximate surface area is 141 Å². The van der Waals surface area contributed by atoms with Gasteiger partial charge in [0.05, 0.1) is 0 Å². The number of hydrogen-bond acceptors (Lipinski definition) is 4. The summed E-state index contributed by atoms with van der Waals surface area (Å²) >= 11 is 5.55. The highest BCUT2D eigenvalue weighted by molar-refractivity contribution is 9.10. The second-order valence-corrected chi connectivity index (χ2v) is 7.98. The lowest BCUT2D eigenvalue weighted by Crippen LogP contribution is -2.53. The zero-order valence-corrected chi connectivity index (χ0v) is 15.8. The molecule has 21 heavy (non-hydrogen) atoms. The molecule has 0 bridgehead atoms. The maximum Gasteiger partial charge on any atom is 0.0376 e. The summed E-state index contributed by atoms with van der Waals surface area (Å²) < 4.78 is 1.26. The first-order valence-electron chi connectivity index (χ1n) is 7.95. The van der Waals surface area contributed by atoms with Crippen LogP contribution in [0.4, 0.5) is 0 Å². The molecule has 2 heterocycles. The fraction of sp³-hybridized carbons (Fsp3) is 0.750. The van der Waals surface area contributed by atoms with Gasteiger partial charge in [0.1, 0.15) is 0 Å². The standard InChI is InChI=1S/C16H28BrN3S/c1-4-7-18-14(11-16-13(17)6-10-21-16)15-12-19(2)8-5-9-20(15)3/h6,10,14-15,18H,4-5,7-9,11-12H2,1-3H3. The van der Waals surface area contributed by atoms with E-state index in [9.17, 15) is 0 Å². The minimum absolute atomic E-state index is 0.519. The normalized spacial score (nSPS) is 23.1. The van der Waals surface area contributed by atoms with Gasteiger partial charge in [-0.1, -0.05) is 6.92 Å². The predicted octanol–water partition coefficient (Wildman–Crippen LogP) is 3.06. The molecule has 0 amide bonds. The van der Waals surface area contributed by atoms with Crippen molar-refractivity contribution in [2.45, 2.75) is 38.3 Å². The van der Waals surface area contributed by atoms with Crippen LogP contribution in [-0.4, -0.2) is 62.2 Å². The van der Waals surface area contributed by atoms with Crippen molar-refractivity contribution in [2.24, 2.45) is 0 Å². The molecule has 120 valence electrons. The minimum Gasteiger partial charge on any atom is -0.312 e. The van der Waals surface area contributed by atoms with Crippen molar-refractivity contribution in [2.75, 3.05) is 40.3 Å². The third-order valence-electron chi connectivity index (χ3n) is 4.33. The molecule has 5 heteroatoms. The van der Waals surface area contributed by atoms with Gasteiger partial charge in [0.25, 0.3) is 0 Å². The van der Waals surface area contributed by atoms with E-state index in [1.807, 2.05) is 11.3 Å². The van der Waals surface area contributed by atoms with E-state index in [4.69, 9.17) is 0 Å². The highest BCUT2D eigenvalue weighted by Crippen LogP contribution is 2.25. The zero-order chi connectivity index (χ0) is 15.2. The van der Waals surface area contributed by atoms with Gasteiger partial charge in [-0.15, -0.1) is 11.3 Å². The third kappa shape index (κ3) is 5.03. The zero-order valence-electron chi connectivity index (χ0n) is 13.4. The Balaban J connectivity index is 2.11. The molecular weight excluding hydrogens is 346 g/mol. The van der Waals surface area contributed by atoms with Crippen molar-refractivity contribution in [3.05, 3.63) is 20.8 Å². The van der Waals surface area contributed by atoms with Crippen LogP contribution in [0.3, 0.4) is 0 Å². The average molecular weight is 374 g/mol. The van der Waals surface area contributed by atoms with Gasteiger partial charge in [0.15, 0.2) is 0 Å². The van der Waals surface area contributed by atoms with Crippen LogP contribution in [0.25, 0.3) is 0 Å². The molecule has 0 aliphatic carbocycles. The van der Waals surface area contributed by atoms with Gasteiger partial charge in [-0.05, 0) is 80.4 Å². The number of likely N-dealkylation sites (N-methyl/N-ethyl adjacent to an activating group) is 2. The van der Waals surface area contributed by atoms with E-state index in [0.717, 1.165) is 19.5 Å². The third-order valence-corrected chi connectivity index (χ3v) is 6.28. The van der Waals surface area contributed by atoms with Gasteiger partial charge in [0, 0.05) is 28.0 Å². The molecule has 1 aromatic rings. The van der Waals surface area contributed by atoms with Gasteiger partial charge in [-0.25, -0.2) is 0 Å². The van der Waals surface area contributed by atoms with E-state index >= 15 is 0 Å². The van der Waals surface area contributed by atoms with Gasteiger partial charge in [-0.3, -0.25) is 0 Å². The Kier molecular flexibility index (Phi) is 7.16. The van der Waals surface area contributed by atoms with Crippen LogP contribution in [0.2, 0.25) is 0 Å². The smallest absolute Gasteiger partial charge is 0.0376 e. The van der Waals surface area contributed by atoms with Gasteiger partial charge in [0.2, 0.25) is 0 Å². The summed E-state index contributed by atoms with van der Waals surface area (Å²) in [4.78, 5) is 6.50. The number of nitrogens with zero attached hydrogens (tertiary/aromatic N) is 2. The monoisotopic (exact) mass is 373 g/mol. The largest absolute Gasteiger partial charge is 0.312 e. The number of rotatable bonds is 6. The molecule has 2 rings (SSSR count). The molecule has 2 atom stereocenters. The molecule has 1 aliphatic rings. The van der Waals surface area contributed by atoms with Crippen molar-refractivity contribution < 1.29 is 0 Å². The maximum atomic E-state index is 3.80. The molecule has 2 unspecified atom stereocenters. The Morgan fingerprint density at radius 1 is 1.43 bits per heavy atom. The van der Waals surface area contributed by atoms with Crippen molar-refractivity contribution >= 4 is 27.3 Å². The van der Waals surface area contributed by atoms with E-state index < -0.39 is 0 Å². The number of hydrogen-bond donors (Lipinski definition) is 1. The molecule has 0 aromatic carbocycles. The Morgan fingerprint density at radius 3 is 2.90 bits per heavy atom. The van der Waals surface area contributed by atoms with Crippen molar-refractivity contribution in [1.82, 2.24) is 15.1 Å². The van der Waals surface area contributed by atoms with Crippen LogP contribution in [0.15, 0.2) is 15.9 Å². The molecule has 1 saturated heterocycles. The summed E-state index contributed by atoms with van der Waals surface area (Å²) in [5.41, 5.74) is 0. The molecule has 1 fully saturated rings. The number of thiophene rings is 1. The van der Waals surface area contributed by atoms with Gasteiger partial charge < -0.3 is 15.1 Å². The maximum absolute atomic E-state index is 3.80.